The molecule has 0 radical (unpaired) electrons. The van der Waals surface area contributed by atoms with Crippen molar-refractivity contribution >= 4 is 45.7 Å². The minimum atomic E-state index is -0.299. The molecule has 0 saturated carbocycles. The Bertz CT molecular complexity index is 1180. The van der Waals surface area contributed by atoms with E-state index in [0.717, 1.165) is 6.42 Å². The molecule has 0 aliphatic carbocycles. The SMILES string of the molecule is CCCN(CCC(=O)Nc1nnc(-c2cc(OC)c(OC)c(OC)c2)s1)C(=O)Nc1cccc(Cl)c1. The minimum absolute atomic E-state index is 0.0993. The zero-order chi connectivity index (χ0) is 26.1. The molecule has 1 aromatic heterocycles. The Hall–Kier alpha value is -3.57. The fourth-order valence-electron chi connectivity index (χ4n) is 3.37. The van der Waals surface area contributed by atoms with E-state index in [-0.39, 0.29) is 24.9 Å². The summed E-state index contributed by atoms with van der Waals surface area (Å²) in [4.78, 5) is 26.8. The van der Waals surface area contributed by atoms with E-state index in [0.29, 0.717) is 50.2 Å². The van der Waals surface area contributed by atoms with Gasteiger partial charge in [0, 0.05) is 35.8 Å². The van der Waals surface area contributed by atoms with E-state index in [9.17, 15) is 9.59 Å². The van der Waals surface area contributed by atoms with Gasteiger partial charge in [-0.25, -0.2) is 4.79 Å². The number of hydrogen-bond donors (Lipinski definition) is 2. The molecule has 0 fully saturated rings. The van der Waals surface area contributed by atoms with Crippen molar-refractivity contribution in [2.24, 2.45) is 0 Å². The molecular formula is C24H28ClN5O5S. The number of hydrogen-bond acceptors (Lipinski definition) is 8. The third-order valence-corrected chi connectivity index (χ3v) is 6.17. The maximum absolute atomic E-state index is 12.7. The maximum atomic E-state index is 12.7. The third kappa shape index (κ3) is 6.98. The van der Waals surface area contributed by atoms with Crippen LogP contribution >= 0.6 is 22.9 Å². The summed E-state index contributed by atoms with van der Waals surface area (Å²) in [6.07, 6.45) is 0.848. The molecule has 36 heavy (non-hydrogen) atoms. The van der Waals surface area contributed by atoms with Crippen LogP contribution in [0.3, 0.4) is 0 Å². The van der Waals surface area contributed by atoms with Crippen LogP contribution in [-0.2, 0) is 4.79 Å². The van der Waals surface area contributed by atoms with Crippen molar-refractivity contribution in [3.8, 4) is 27.8 Å². The predicted octanol–water partition coefficient (Wildman–Crippen LogP) is 5.16. The van der Waals surface area contributed by atoms with E-state index in [4.69, 9.17) is 25.8 Å². The van der Waals surface area contributed by atoms with Gasteiger partial charge < -0.3 is 29.7 Å². The molecule has 12 heteroatoms. The van der Waals surface area contributed by atoms with E-state index < -0.39 is 0 Å². The summed E-state index contributed by atoms with van der Waals surface area (Å²) in [5, 5.41) is 15.2. The van der Waals surface area contributed by atoms with Crippen molar-refractivity contribution in [1.29, 1.82) is 0 Å². The molecule has 0 unspecified atom stereocenters. The van der Waals surface area contributed by atoms with Crippen LogP contribution in [0.4, 0.5) is 15.6 Å². The normalized spacial score (nSPS) is 10.5. The first-order chi connectivity index (χ1) is 17.4. The summed E-state index contributed by atoms with van der Waals surface area (Å²) in [6, 6.07) is 10.1. The number of amides is 3. The summed E-state index contributed by atoms with van der Waals surface area (Å²) < 4.78 is 16.1. The number of anilines is 2. The topological polar surface area (TPSA) is 115 Å². The van der Waals surface area contributed by atoms with E-state index in [2.05, 4.69) is 20.8 Å². The Labute approximate surface area is 218 Å². The highest BCUT2D eigenvalue weighted by atomic mass is 35.5. The van der Waals surface area contributed by atoms with Gasteiger partial charge in [-0.05, 0) is 36.8 Å². The Morgan fingerprint density at radius 3 is 2.33 bits per heavy atom. The van der Waals surface area contributed by atoms with Gasteiger partial charge >= 0.3 is 6.03 Å². The summed E-state index contributed by atoms with van der Waals surface area (Å²) in [5.74, 6) is 1.16. The Kier molecular flexibility index (Phi) is 9.71. The molecule has 2 N–H and O–H groups in total. The third-order valence-electron chi connectivity index (χ3n) is 5.05. The second kappa shape index (κ2) is 12.9. The van der Waals surface area contributed by atoms with Gasteiger partial charge in [0.1, 0.15) is 5.01 Å². The summed E-state index contributed by atoms with van der Waals surface area (Å²) in [5.41, 5.74) is 1.29. The molecule has 0 saturated heterocycles. The first kappa shape index (κ1) is 27.0. The fraction of sp³-hybridized carbons (Fsp3) is 0.333. The van der Waals surface area contributed by atoms with Crippen molar-refractivity contribution in [2.75, 3.05) is 45.1 Å². The molecule has 0 bridgehead atoms. The number of rotatable bonds is 11. The zero-order valence-electron chi connectivity index (χ0n) is 20.5. The number of aromatic nitrogens is 2. The number of nitrogens with one attached hydrogen (secondary N) is 2. The monoisotopic (exact) mass is 533 g/mol. The van der Waals surface area contributed by atoms with Crippen molar-refractivity contribution < 1.29 is 23.8 Å². The van der Waals surface area contributed by atoms with Crippen molar-refractivity contribution in [3.05, 3.63) is 41.4 Å². The number of carbonyl (C=O) groups excluding carboxylic acids is 2. The Morgan fingerprint density at radius 2 is 1.72 bits per heavy atom. The number of carbonyl (C=O) groups is 2. The number of methoxy groups -OCH3 is 3. The molecule has 0 aliphatic heterocycles. The lowest BCUT2D eigenvalue weighted by molar-refractivity contribution is -0.116. The van der Waals surface area contributed by atoms with E-state index in [1.165, 1.54) is 32.7 Å². The average molecular weight is 534 g/mol. The molecule has 10 nitrogen and oxygen atoms in total. The highest BCUT2D eigenvalue weighted by molar-refractivity contribution is 7.18. The van der Waals surface area contributed by atoms with Crippen LogP contribution in [0.1, 0.15) is 19.8 Å². The lowest BCUT2D eigenvalue weighted by Crippen LogP contribution is -2.37. The quantitative estimate of drug-likeness (QED) is 0.350. The van der Waals surface area contributed by atoms with Crippen LogP contribution in [0.25, 0.3) is 10.6 Å². The highest BCUT2D eigenvalue weighted by Crippen LogP contribution is 2.42. The van der Waals surface area contributed by atoms with Gasteiger partial charge in [0.05, 0.1) is 21.3 Å². The lowest BCUT2D eigenvalue weighted by Gasteiger charge is -2.22. The second-order valence-corrected chi connectivity index (χ2v) is 8.97. The molecule has 1 heterocycles. The van der Waals surface area contributed by atoms with Crippen molar-refractivity contribution in [1.82, 2.24) is 15.1 Å². The minimum Gasteiger partial charge on any atom is -0.493 e. The predicted molar refractivity (Wildman–Crippen MR) is 141 cm³/mol. The molecule has 0 spiro atoms. The number of halogens is 1. The fourth-order valence-corrected chi connectivity index (χ4v) is 4.30. The van der Waals surface area contributed by atoms with Gasteiger partial charge in [0.2, 0.25) is 16.8 Å². The standard InChI is InChI=1S/C24H28ClN5O5S/c1-5-10-30(24(32)26-17-8-6-7-16(25)14-17)11-9-20(31)27-23-29-28-22(36-23)15-12-18(33-2)21(35-4)19(13-15)34-3/h6-8,12-14H,5,9-11H2,1-4H3,(H,26,32)(H,27,29,31). The molecule has 3 aromatic rings. The van der Waals surface area contributed by atoms with Crippen LogP contribution < -0.4 is 24.8 Å². The Balaban J connectivity index is 1.62. The van der Waals surface area contributed by atoms with Crippen molar-refractivity contribution in [3.63, 3.8) is 0 Å². The van der Waals surface area contributed by atoms with Gasteiger partial charge in [-0.2, -0.15) is 0 Å². The van der Waals surface area contributed by atoms with Gasteiger partial charge in [-0.15, -0.1) is 10.2 Å². The largest absolute Gasteiger partial charge is 0.493 e. The van der Waals surface area contributed by atoms with Gasteiger partial charge in [-0.1, -0.05) is 35.9 Å². The van der Waals surface area contributed by atoms with Crippen molar-refractivity contribution in [2.45, 2.75) is 19.8 Å². The number of ether oxygens (including phenoxy) is 3. The summed E-state index contributed by atoms with van der Waals surface area (Å²) >= 11 is 7.20. The number of benzene rings is 2. The first-order valence-electron chi connectivity index (χ1n) is 11.1. The maximum Gasteiger partial charge on any atom is 0.321 e. The molecule has 192 valence electrons. The Morgan fingerprint density at radius 1 is 1.00 bits per heavy atom. The molecule has 0 atom stereocenters. The zero-order valence-corrected chi connectivity index (χ0v) is 22.0. The van der Waals surface area contributed by atoms with E-state index in [1.807, 2.05) is 6.92 Å². The molecule has 3 amide bonds. The van der Waals surface area contributed by atoms with E-state index >= 15 is 0 Å². The summed E-state index contributed by atoms with van der Waals surface area (Å²) in [7, 11) is 4.59. The molecular weight excluding hydrogens is 506 g/mol. The highest BCUT2D eigenvalue weighted by Gasteiger charge is 2.18. The van der Waals surface area contributed by atoms with Gasteiger partial charge in [-0.3, -0.25) is 4.79 Å². The van der Waals surface area contributed by atoms with Crippen LogP contribution in [-0.4, -0.2) is 61.5 Å². The average Bonchev–Trinajstić information content (AvgIpc) is 3.33. The van der Waals surface area contributed by atoms with Gasteiger partial charge in [0.15, 0.2) is 11.5 Å². The first-order valence-corrected chi connectivity index (χ1v) is 12.3. The number of urea groups is 1. The molecule has 0 aliphatic rings. The second-order valence-electron chi connectivity index (χ2n) is 7.55. The molecule has 3 rings (SSSR count). The van der Waals surface area contributed by atoms with Crippen LogP contribution in [0.5, 0.6) is 17.2 Å². The molecule has 2 aromatic carbocycles. The van der Waals surface area contributed by atoms with Gasteiger partial charge in [0.25, 0.3) is 0 Å². The lowest BCUT2D eigenvalue weighted by atomic mass is 10.2. The number of nitrogens with zero attached hydrogens (tertiary/aromatic N) is 3. The summed E-state index contributed by atoms with van der Waals surface area (Å²) in [6.45, 7) is 2.71. The van der Waals surface area contributed by atoms with Crippen LogP contribution in [0.2, 0.25) is 5.02 Å². The van der Waals surface area contributed by atoms with Crippen LogP contribution in [0, 0.1) is 0 Å². The smallest absolute Gasteiger partial charge is 0.321 e. The van der Waals surface area contributed by atoms with E-state index in [1.54, 1.807) is 41.3 Å². The van der Waals surface area contributed by atoms with Crippen LogP contribution in [0.15, 0.2) is 36.4 Å².